The van der Waals surface area contributed by atoms with Gasteiger partial charge in [-0.05, 0) is 24.1 Å². The highest BCUT2D eigenvalue weighted by Crippen LogP contribution is 2.52. The van der Waals surface area contributed by atoms with Crippen LogP contribution >= 0.6 is 11.6 Å². The van der Waals surface area contributed by atoms with E-state index in [1.54, 1.807) is 4.90 Å². The fourth-order valence-corrected chi connectivity index (χ4v) is 5.05. The molecule has 0 unspecified atom stereocenters. The number of ether oxygens (including phenoxy) is 1. The Bertz CT molecular complexity index is 1040. The van der Waals surface area contributed by atoms with Gasteiger partial charge in [-0.3, -0.25) is 9.59 Å². The standard InChI is InChI=1S/C24H23ClN2O3/c1-15-6-8-16(9-7-15)12-26-22(28)20-19-10-11-24(30-19)14-27(23(29)21(20)24)13-17-4-2-3-5-18(17)25/h2-11,19-21H,12-14H2,1H3,(H,26,28)/t19-,20+,21-,24+/m0/s1. The van der Waals surface area contributed by atoms with Gasteiger partial charge >= 0.3 is 0 Å². The third-order valence-electron chi connectivity index (χ3n) is 6.39. The van der Waals surface area contributed by atoms with E-state index in [0.29, 0.717) is 24.7 Å². The van der Waals surface area contributed by atoms with Crippen LogP contribution < -0.4 is 5.32 Å². The van der Waals surface area contributed by atoms with Crippen molar-refractivity contribution in [3.05, 3.63) is 82.4 Å². The number of hydrogen-bond acceptors (Lipinski definition) is 3. The number of hydrogen-bond donors (Lipinski definition) is 1. The lowest BCUT2D eigenvalue weighted by Gasteiger charge is -2.23. The lowest BCUT2D eigenvalue weighted by atomic mass is 9.77. The van der Waals surface area contributed by atoms with Crippen molar-refractivity contribution in [2.75, 3.05) is 6.54 Å². The first-order chi connectivity index (χ1) is 14.5. The van der Waals surface area contributed by atoms with Crippen molar-refractivity contribution in [3.63, 3.8) is 0 Å². The van der Waals surface area contributed by atoms with E-state index in [0.717, 1.165) is 11.1 Å². The molecule has 4 atom stereocenters. The van der Waals surface area contributed by atoms with Gasteiger partial charge in [0.2, 0.25) is 11.8 Å². The van der Waals surface area contributed by atoms with E-state index < -0.39 is 17.4 Å². The number of likely N-dealkylation sites (tertiary alicyclic amines) is 1. The van der Waals surface area contributed by atoms with Crippen LogP contribution in [0.4, 0.5) is 0 Å². The average molecular weight is 423 g/mol. The molecule has 3 aliphatic heterocycles. The van der Waals surface area contributed by atoms with Crippen LogP contribution in [0, 0.1) is 18.8 Å². The van der Waals surface area contributed by atoms with Crippen molar-refractivity contribution in [1.29, 1.82) is 0 Å². The van der Waals surface area contributed by atoms with Gasteiger partial charge in [-0.2, -0.15) is 0 Å². The Morgan fingerprint density at radius 2 is 2.00 bits per heavy atom. The Morgan fingerprint density at radius 1 is 1.23 bits per heavy atom. The number of fused-ring (bicyclic) bond motifs is 1. The number of nitrogens with one attached hydrogen (secondary N) is 1. The smallest absolute Gasteiger partial charge is 0.230 e. The maximum absolute atomic E-state index is 13.3. The lowest BCUT2D eigenvalue weighted by Crippen LogP contribution is -2.43. The Kier molecular flexibility index (Phi) is 4.68. The van der Waals surface area contributed by atoms with Crippen LogP contribution in [-0.4, -0.2) is 35.0 Å². The molecule has 2 saturated heterocycles. The molecule has 0 aromatic heterocycles. The van der Waals surface area contributed by atoms with E-state index in [2.05, 4.69) is 5.32 Å². The summed E-state index contributed by atoms with van der Waals surface area (Å²) in [6, 6.07) is 15.6. The quantitative estimate of drug-likeness (QED) is 0.752. The molecule has 2 aromatic rings. The van der Waals surface area contributed by atoms with Crippen LogP contribution in [-0.2, 0) is 27.4 Å². The molecule has 6 heteroatoms. The first-order valence-corrected chi connectivity index (χ1v) is 10.6. The number of benzene rings is 2. The number of rotatable bonds is 5. The van der Waals surface area contributed by atoms with E-state index in [9.17, 15) is 9.59 Å². The minimum absolute atomic E-state index is 0.0442. The number of amides is 2. The van der Waals surface area contributed by atoms with E-state index in [-0.39, 0.29) is 17.9 Å². The molecule has 3 heterocycles. The van der Waals surface area contributed by atoms with Crippen LogP contribution in [0.3, 0.4) is 0 Å². The van der Waals surface area contributed by atoms with Crippen molar-refractivity contribution in [2.24, 2.45) is 11.8 Å². The van der Waals surface area contributed by atoms with Gasteiger partial charge < -0.3 is 15.0 Å². The molecule has 2 fully saturated rings. The summed E-state index contributed by atoms with van der Waals surface area (Å²) < 4.78 is 6.19. The molecule has 1 N–H and O–H groups in total. The molecule has 154 valence electrons. The summed E-state index contributed by atoms with van der Waals surface area (Å²) in [4.78, 5) is 28.1. The second-order valence-electron chi connectivity index (χ2n) is 8.39. The van der Waals surface area contributed by atoms with Gasteiger partial charge in [-0.25, -0.2) is 0 Å². The van der Waals surface area contributed by atoms with Crippen molar-refractivity contribution < 1.29 is 14.3 Å². The normalized spacial score (nSPS) is 28.8. The van der Waals surface area contributed by atoms with Crippen molar-refractivity contribution in [3.8, 4) is 0 Å². The molecular formula is C24H23ClN2O3. The predicted molar refractivity (Wildman–Crippen MR) is 114 cm³/mol. The van der Waals surface area contributed by atoms with Crippen LogP contribution in [0.25, 0.3) is 0 Å². The fraction of sp³-hybridized carbons (Fsp3) is 0.333. The summed E-state index contributed by atoms with van der Waals surface area (Å²) in [5.41, 5.74) is 2.38. The zero-order valence-electron chi connectivity index (χ0n) is 16.7. The van der Waals surface area contributed by atoms with E-state index in [4.69, 9.17) is 16.3 Å². The molecule has 1 spiro atoms. The topological polar surface area (TPSA) is 58.6 Å². The van der Waals surface area contributed by atoms with Crippen LogP contribution in [0.1, 0.15) is 16.7 Å². The Hall–Kier alpha value is -2.63. The van der Waals surface area contributed by atoms with Crippen LogP contribution in [0.5, 0.6) is 0 Å². The molecule has 5 nitrogen and oxygen atoms in total. The first-order valence-electron chi connectivity index (χ1n) is 10.2. The second-order valence-corrected chi connectivity index (χ2v) is 8.80. The number of aryl methyl sites for hydroxylation is 1. The zero-order valence-corrected chi connectivity index (χ0v) is 17.4. The summed E-state index contributed by atoms with van der Waals surface area (Å²) in [6.45, 7) is 3.32. The molecule has 30 heavy (non-hydrogen) atoms. The van der Waals surface area contributed by atoms with Gasteiger partial charge in [0.05, 0.1) is 24.5 Å². The van der Waals surface area contributed by atoms with Crippen LogP contribution in [0.2, 0.25) is 5.02 Å². The second kappa shape index (κ2) is 7.25. The first kappa shape index (κ1) is 19.3. The van der Waals surface area contributed by atoms with Crippen molar-refractivity contribution >= 4 is 23.4 Å². The number of halogens is 1. The van der Waals surface area contributed by atoms with E-state index in [1.807, 2.05) is 67.6 Å². The summed E-state index contributed by atoms with van der Waals surface area (Å²) in [5.74, 6) is -1.18. The van der Waals surface area contributed by atoms with E-state index >= 15 is 0 Å². The van der Waals surface area contributed by atoms with Gasteiger partial charge in [0.15, 0.2) is 0 Å². The molecule has 2 aromatic carbocycles. The summed E-state index contributed by atoms with van der Waals surface area (Å²) in [7, 11) is 0. The molecule has 3 aliphatic rings. The third-order valence-corrected chi connectivity index (χ3v) is 6.76. The van der Waals surface area contributed by atoms with E-state index in [1.165, 1.54) is 5.56 Å². The minimum atomic E-state index is -0.713. The molecule has 5 rings (SSSR count). The number of carbonyl (C=O) groups is 2. The Labute approximate surface area is 180 Å². The maximum Gasteiger partial charge on any atom is 0.230 e. The van der Waals surface area contributed by atoms with Gasteiger partial charge in [0.25, 0.3) is 0 Å². The molecular weight excluding hydrogens is 400 g/mol. The highest BCUT2D eigenvalue weighted by atomic mass is 35.5. The largest absolute Gasteiger partial charge is 0.360 e. The SMILES string of the molecule is Cc1ccc(CNC(=O)[C@@H]2[C@@H]3C=C[C@]4(CN(Cc5ccccc5Cl)C(=O)[C@H]24)O3)cc1. The van der Waals surface area contributed by atoms with Gasteiger partial charge in [0, 0.05) is 18.1 Å². The van der Waals surface area contributed by atoms with Gasteiger partial charge in [0.1, 0.15) is 5.60 Å². The maximum atomic E-state index is 13.3. The lowest BCUT2D eigenvalue weighted by molar-refractivity contribution is -0.137. The van der Waals surface area contributed by atoms with Gasteiger partial charge in [-0.1, -0.05) is 71.8 Å². The monoisotopic (exact) mass is 422 g/mol. The van der Waals surface area contributed by atoms with Crippen LogP contribution in [0.15, 0.2) is 60.7 Å². The minimum Gasteiger partial charge on any atom is -0.360 e. The Balaban J connectivity index is 1.32. The predicted octanol–water partition coefficient (Wildman–Crippen LogP) is 3.25. The molecule has 0 radical (unpaired) electrons. The molecule has 2 amide bonds. The highest BCUT2D eigenvalue weighted by molar-refractivity contribution is 6.31. The summed E-state index contributed by atoms with van der Waals surface area (Å²) >= 11 is 6.29. The van der Waals surface area contributed by atoms with Crippen molar-refractivity contribution in [1.82, 2.24) is 10.2 Å². The summed E-state index contributed by atoms with van der Waals surface area (Å²) in [5, 5.41) is 3.64. The zero-order chi connectivity index (χ0) is 20.9. The molecule has 2 bridgehead atoms. The molecule has 0 aliphatic carbocycles. The Morgan fingerprint density at radius 3 is 2.77 bits per heavy atom. The average Bonchev–Trinajstić information content (AvgIpc) is 3.37. The summed E-state index contributed by atoms with van der Waals surface area (Å²) in [6.07, 6.45) is 3.55. The molecule has 0 saturated carbocycles. The number of nitrogens with zero attached hydrogens (tertiary/aromatic N) is 1. The number of carbonyl (C=O) groups excluding carboxylic acids is 2. The van der Waals surface area contributed by atoms with Gasteiger partial charge in [-0.15, -0.1) is 0 Å². The third kappa shape index (κ3) is 3.13. The highest BCUT2D eigenvalue weighted by Gasteiger charge is 2.66. The fourth-order valence-electron chi connectivity index (χ4n) is 4.86. The van der Waals surface area contributed by atoms with Crippen molar-refractivity contribution in [2.45, 2.75) is 31.7 Å².